The van der Waals surface area contributed by atoms with Crippen LogP contribution in [-0.4, -0.2) is 0 Å². The Bertz CT molecular complexity index is 3.25. The molecule has 0 aromatic heterocycles. The van der Waals surface area contributed by atoms with Crippen LogP contribution in [0.1, 0.15) is 0 Å². The molecule has 0 heterocycles. The second-order valence-corrected chi connectivity index (χ2v) is 0. The van der Waals surface area contributed by atoms with Crippen molar-refractivity contribution < 1.29 is 141 Å². The molecule has 0 saturated heterocycles. The van der Waals surface area contributed by atoms with E-state index in [-0.39, 0.29) is 147 Å². The van der Waals surface area contributed by atoms with Crippen LogP contribution in [0.5, 0.6) is 0 Å². The molecule has 0 fully saturated rings. The van der Waals surface area contributed by atoms with Crippen molar-refractivity contribution in [3.8, 4) is 0 Å². The van der Waals surface area contributed by atoms with Crippen LogP contribution in [0.2, 0.25) is 0 Å². The summed E-state index contributed by atoms with van der Waals surface area (Å²) in [6.07, 6.45) is 0. The molecule has 1 nitrogen and oxygen atoms in total. The van der Waals surface area contributed by atoms with Gasteiger partial charge in [-0.05, 0) is 0 Å². The van der Waals surface area contributed by atoms with Gasteiger partial charge in [0.2, 0.25) is 0 Å². The fraction of sp³-hybridized carbons (Fsp3) is 0. The van der Waals surface area contributed by atoms with Crippen LogP contribution in [0.15, 0.2) is 0 Å². The van der Waals surface area contributed by atoms with E-state index in [4.69, 9.17) is 0 Å². The minimum absolute atomic E-state index is 0. The molecule has 0 radical (unpaired) electrons. The molecule has 50 valence electrons. The van der Waals surface area contributed by atoms with Gasteiger partial charge >= 0.3 is 0 Å². The van der Waals surface area contributed by atoms with Gasteiger partial charge in [0.1, 0.15) is 0 Å². The molecule has 0 aromatic carbocycles. The quantitative estimate of drug-likeness (QED) is 0.439. The molecule has 0 unspecified atom stereocenters. The second-order valence-electron chi connectivity index (χ2n) is 0. The minimum atomic E-state index is 0. The first-order chi connectivity index (χ1) is 0. The van der Waals surface area contributed by atoms with Crippen molar-refractivity contribution in [3.05, 3.63) is 6.15 Å². The molecule has 0 amide bonds. The average Bonchev–Trinajstić information content (AvgIpc) is 0. The van der Waals surface area contributed by atoms with E-state index in [1.807, 2.05) is 0 Å². The Morgan fingerprint density at radius 2 is 0.500 bits per heavy atom. The third-order valence-electron chi connectivity index (χ3n) is 0. The normalized spacial score (nSPS) is 0. The number of nitrogens with two attached hydrogens (primary N) is 1. The SMILES string of the molecule is [NH2-].[Yb].[Yb].[Yb]. The number of hydrogen-bond donors (Lipinski definition) is 0. The van der Waals surface area contributed by atoms with Crippen LogP contribution in [0.3, 0.4) is 0 Å². The minimum Gasteiger partial charge on any atom is -0.693 e. The van der Waals surface area contributed by atoms with Gasteiger partial charge in [-0.15, -0.1) is 0 Å². The summed E-state index contributed by atoms with van der Waals surface area (Å²) in [5.74, 6) is 0. The molecule has 4 heavy (non-hydrogen) atoms. The average molecular weight is 535 g/mol. The van der Waals surface area contributed by atoms with E-state index in [9.17, 15) is 0 Å². The molecule has 0 spiro atoms. The molecule has 0 rings (SSSR count). The molecule has 0 bridgehead atoms. The van der Waals surface area contributed by atoms with E-state index in [2.05, 4.69) is 0 Å². The maximum absolute atomic E-state index is 0. The maximum atomic E-state index is 0. The number of rotatable bonds is 0. The summed E-state index contributed by atoms with van der Waals surface area (Å²) < 4.78 is 0. The van der Waals surface area contributed by atoms with E-state index < -0.39 is 0 Å². The van der Waals surface area contributed by atoms with Gasteiger partial charge in [-0.25, -0.2) is 0 Å². The summed E-state index contributed by atoms with van der Waals surface area (Å²) in [6, 6.07) is 0. The van der Waals surface area contributed by atoms with Gasteiger partial charge in [0.05, 0.1) is 0 Å². The Morgan fingerprint density at radius 1 is 0.500 bits per heavy atom. The molecule has 0 aliphatic rings. The number of hydrogen-bond acceptors (Lipinski definition) is 0. The van der Waals surface area contributed by atoms with Crippen molar-refractivity contribution in [1.82, 2.24) is 0 Å². The largest absolute Gasteiger partial charge is 0.693 e. The van der Waals surface area contributed by atoms with Crippen molar-refractivity contribution in [2.75, 3.05) is 0 Å². The molecular weight excluding hydrogens is 533 g/mol. The van der Waals surface area contributed by atoms with E-state index in [0.29, 0.717) is 0 Å². The van der Waals surface area contributed by atoms with Crippen molar-refractivity contribution >= 4 is 0 Å². The zero-order valence-electron chi connectivity index (χ0n) is 1.38. The topological polar surface area (TPSA) is 33.5 Å². The third kappa shape index (κ3) is 9.72. The molecule has 0 aliphatic carbocycles. The van der Waals surface area contributed by atoms with Gasteiger partial charge in [0, 0.05) is 141 Å². The van der Waals surface area contributed by atoms with Crippen LogP contribution < -0.4 is 0 Å². The van der Waals surface area contributed by atoms with Crippen LogP contribution in [0.4, 0.5) is 0 Å². The summed E-state index contributed by atoms with van der Waals surface area (Å²) in [6.45, 7) is 0. The van der Waals surface area contributed by atoms with Crippen molar-refractivity contribution in [3.63, 3.8) is 0 Å². The first kappa shape index (κ1) is 23.6. The molecule has 4 heteroatoms. The second kappa shape index (κ2) is 15.6. The zero-order chi connectivity index (χ0) is 0. The van der Waals surface area contributed by atoms with E-state index >= 15 is 0 Å². The fourth-order valence-electron chi connectivity index (χ4n) is 0. The molecule has 2 N–H and O–H groups in total. The van der Waals surface area contributed by atoms with Crippen molar-refractivity contribution in [2.45, 2.75) is 0 Å². The molecular formula is H2NYb3-. The first-order valence-corrected chi connectivity index (χ1v) is 0. The Morgan fingerprint density at radius 3 is 0.500 bits per heavy atom. The standard InChI is InChI=1S/H2N.3Yb/h1H2;;;/q-1;;;. The van der Waals surface area contributed by atoms with Gasteiger partial charge in [-0.2, -0.15) is 0 Å². The fourth-order valence-corrected chi connectivity index (χ4v) is 0. The van der Waals surface area contributed by atoms with Crippen molar-refractivity contribution in [1.29, 1.82) is 0 Å². The van der Waals surface area contributed by atoms with E-state index in [1.54, 1.807) is 0 Å². The Labute approximate surface area is 142 Å². The summed E-state index contributed by atoms with van der Waals surface area (Å²) in [5, 5.41) is 0. The predicted molar refractivity (Wildman–Crippen MR) is 5.28 cm³/mol. The zero-order valence-corrected chi connectivity index (χ0v) is 6.52. The smallest absolute Gasteiger partial charge is 0 e. The molecule has 0 aliphatic heterocycles. The first-order valence-electron chi connectivity index (χ1n) is 0. The summed E-state index contributed by atoms with van der Waals surface area (Å²) >= 11 is 0. The Hall–Kier alpha value is 4.52. The van der Waals surface area contributed by atoms with Gasteiger partial charge < -0.3 is 6.15 Å². The van der Waals surface area contributed by atoms with Crippen LogP contribution in [0, 0.1) is 141 Å². The van der Waals surface area contributed by atoms with Gasteiger partial charge in [-0.3, -0.25) is 0 Å². The van der Waals surface area contributed by atoms with Crippen LogP contribution in [-0.2, 0) is 0 Å². The van der Waals surface area contributed by atoms with E-state index in [1.165, 1.54) is 0 Å². The van der Waals surface area contributed by atoms with Crippen LogP contribution in [0.25, 0.3) is 6.15 Å². The summed E-state index contributed by atoms with van der Waals surface area (Å²) in [7, 11) is 0. The van der Waals surface area contributed by atoms with Gasteiger partial charge in [0.25, 0.3) is 0 Å². The summed E-state index contributed by atoms with van der Waals surface area (Å²) in [4.78, 5) is 0. The predicted octanol–water partition coefficient (Wildman–Crippen LogP) is 0.717. The molecule has 0 atom stereocenters. The maximum Gasteiger partial charge on any atom is 0 e. The van der Waals surface area contributed by atoms with Crippen molar-refractivity contribution in [2.24, 2.45) is 0 Å². The Kier molecular flexibility index (Phi) is 92.3. The molecule has 0 aromatic rings. The Balaban J connectivity index is 0. The summed E-state index contributed by atoms with van der Waals surface area (Å²) in [5.41, 5.74) is 0. The van der Waals surface area contributed by atoms with Gasteiger partial charge in [0.15, 0.2) is 0 Å². The van der Waals surface area contributed by atoms with Gasteiger partial charge in [-0.1, -0.05) is 0 Å². The monoisotopic (exact) mass is 538 g/mol. The van der Waals surface area contributed by atoms with Crippen LogP contribution >= 0.6 is 0 Å². The third-order valence-corrected chi connectivity index (χ3v) is 0. The molecule has 0 saturated carbocycles. The van der Waals surface area contributed by atoms with E-state index in [0.717, 1.165) is 0 Å².